The second-order valence-electron chi connectivity index (χ2n) is 3.22. The molecule has 0 spiro atoms. The molecule has 0 saturated heterocycles. The summed E-state index contributed by atoms with van der Waals surface area (Å²) in [4.78, 5) is 10.7. The monoisotopic (exact) mass is 157 g/mol. The Kier molecular flexibility index (Phi) is 2.18. The van der Waals surface area contributed by atoms with Gasteiger partial charge in [0.2, 0.25) is 0 Å². The minimum atomic E-state index is -0.696. The lowest BCUT2D eigenvalue weighted by Crippen LogP contribution is -2.38. The molecule has 0 aromatic heterocycles. The van der Waals surface area contributed by atoms with Gasteiger partial charge in [-0.3, -0.25) is 4.79 Å². The largest absolute Gasteiger partial charge is 0.480 e. The molecule has 1 aliphatic rings. The fourth-order valence-corrected chi connectivity index (χ4v) is 1.70. The van der Waals surface area contributed by atoms with E-state index in [0.29, 0.717) is 5.92 Å². The highest BCUT2D eigenvalue weighted by molar-refractivity contribution is 5.83. The summed E-state index contributed by atoms with van der Waals surface area (Å²) in [5.74, 6) is -0.339. The van der Waals surface area contributed by atoms with Gasteiger partial charge in [-0.15, -0.1) is 0 Å². The molecule has 0 amide bonds. The molecule has 0 bridgehead atoms. The minimum absolute atomic E-state index is 0.356. The molecule has 0 heterocycles. The van der Waals surface area contributed by atoms with Gasteiger partial charge in [0.1, 0.15) is 5.54 Å². The molecule has 0 aliphatic heterocycles. The molecule has 2 atom stereocenters. The zero-order valence-electron chi connectivity index (χ0n) is 7.05. The van der Waals surface area contributed by atoms with Crippen LogP contribution in [0.15, 0.2) is 0 Å². The summed E-state index contributed by atoms with van der Waals surface area (Å²) in [7, 11) is 1.73. The van der Waals surface area contributed by atoms with E-state index >= 15 is 0 Å². The quantitative estimate of drug-likeness (QED) is 0.636. The highest BCUT2D eigenvalue weighted by Crippen LogP contribution is 2.46. The van der Waals surface area contributed by atoms with Crippen molar-refractivity contribution in [1.82, 2.24) is 5.32 Å². The summed E-state index contributed by atoms with van der Waals surface area (Å²) in [6.45, 7) is 2.08. The van der Waals surface area contributed by atoms with Crippen LogP contribution in [0.1, 0.15) is 26.2 Å². The van der Waals surface area contributed by atoms with Gasteiger partial charge in [-0.1, -0.05) is 13.3 Å². The third-order valence-corrected chi connectivity index (χ3v) is 2.57. The Labute approximate surface area is 66.8 Å². The van der Waals surface area contributed by atoms with E-state index in [-0.39, 0.29) is 0 Å². The molecule has 2 unspecified atom stereocenters. The second-order valence-corrected chi connectivity index (χ2v) is 3.22. The average molecular weight is 157 g/mol. The summed E-state index contributed by atoms with van der Waals surface area (Å²) in [6, 6.07) is 0. The fraction of sp³-hybridized carbons (Fsp3) is 0.875. The maximum atomic E-state index is 10.7. The molecule has 0 radical (unpaired) electrons. The molecule has 11 heavy (non-hydrogen) atoms. The van der Waals surface area contributed by atoms with E-state index in [1.165, 1.54) is 0 Å². The molecule has 1 saturated carbocycles. The second kappa shape index (κ2) is 2.81. The first kappa shape index (κ1) is 8.53. The number of carbonyl (C=O) groups is 1. The van der Waals surface area contributed by atoms with E-state index in [9.17, 15) is 4.79 Å². The van der Waals surface area contributed by atoms with Crippen LogP contribution in [0.5, 0.6) is 0 Å². The van der Waals surface area contributed by atoms with E-state index in [2.05, 4.69) is 12.2 Å². The first-order valence-electron chi connectivity index (χ1n) is 4.09. The molecule has 2 N–H and O–H groups in total. The van der Waals surface area contributed by atoms with Gasteiger partial charge in [-0.05, 0) is 25.8 Å². The zero-order valence-corrected chi connectivity index (χ0v) is 7.05. The van der Waals surface area contributed by atoms with Crippen LogP contribution >= 0.6 is 0 Å². The summed E-state index contributed by atoms with van der Waals surface area (Å²) in [6.07, 6.45) is 2.89. The number of carboxylic acid groups (broad SMARTS) is 1. The zero-order chi connectivity index (χ0) is 8.48. The summed E-state index contributed by atoms with van der Waals surface area (Å²) in [5, 5.41) is 11.7. The van der Waals surface area contributed by atoms with Crippen molar-refractivity contribution in [3.8, 4) is 0 Å². The van der Waals surface area contributed by atoms with Crippen LogP contribution < -0.4 is 5.32 Å². The smallest absolute Gasteiger partial charge is 0.324 e. The van der Waals surface area contributed by atoms with Crippen molar-refractivity contribution in [3.63, 3.8) is 0 Å². The fourth-order valence-electron chi connectivity index (χ4n) is 1.70. The molecular formula is C8H15NO2. The van der Waals surface area contributed by atoms with Crippen molar-refractivity contribution < 1.29 is 9.90 Å². The van der Waals surface area contributed by atoms with E-state index in [0.717, 1.165) is 19.3 Å². The Hall–Kier alpha value is -0.570. The number of carboxylic acids is 1. The maximum Gasteiger partial charge on any atom is 0.324 e. The Morgan fingerprint density at radius 2 is 2.45 bits per heavy atom. The first-order valence-corrected chi connectivity index (χ1v) is 4.09. The van der Waals surface area contributed by atoms with Gasteiger partial charge in [0.15, 0.2) is 0 Å². The number of rotatable bonds is 4. The van der Waals surface area contributed by atoms with Crippen molar-refractivity contribution in [2.75, 3.05) is 7.05 Å². The van der Waals surface area contributed by atoms with Crippen LogP contribution in [0.3, 0.4) is 0 Å². The summed E-state index contributed by atoms with van der Waals surface area (Å²) < 4.78 is 0. The number of likely N-dealkylation sites (N-methyl/N-ethyl adjacent to an activating group) is 1. The van der Waals surface area contributed by atoms with Gasteiger partial charge in [0, 0.05) is 0 Å². The van der Waals surface area contributed by atoms with Crippen molar-refractivity contribution in [2.24, 2.45) is 5.92 Å². The standard InChI is InChI=1S/C8H15NO2/c1-3-4-6-5-8(6,9-2)7(10)11/h6,9H,3-5H2,1-2H3,(H,10,11). The van der Waals surface area contributed by atoms with Crippen LogP contribution in [-0.2, 0) is 4.79 Å². The molecule has 0 aromatic carbocycles. The summed E-state index contributed by atoms with van der Waals surface area (Å²) in [5.41, 5.74) is -0.573. The molecule has 64 valence electrons. The van der Waals surface area contributed by atoms with E-state index < -0.39 is 11.5 Å². The predicted octanol–water partition coefficient (Wildman–Crippen LogP) is 0.849. The highest BCUT2D eigenvalue weighted by Gasteiger charge is 2.58. The predicted molar refractivity (Wildman–Crippen MR) is 42.4 cm³/mol. The molecule has 1 fully saturated rings. The Morgan fingerprint density at radius 1 is 1.82 bits per heavy atom. The third-order valence-electron chi connectivity index (χ3n) is 2.57. The van der Waals surface area contributed by atoms with Gasteiger partial charge in [-0.25, -0.2) is 0 Å². The molecule has 3 nitrogen and oxygen atoms in total. The number of hydrogen-bond donors (Lipinski definition) is 2. The third kappa shape index (κ3) is 1.25. The molecule has 1 aliphatic carbocycles. The topological polar surface area (TPSA) is 49.3 Å². The van der Waals surface area contributed by atoms with Gasteiger partial charge in [-0.2, -0.15) is 0 Å². The SMILES string of the molecule is CCCC1CC1(NC)C(=O)O. The van der Waals surface area contributed by atoms with E-state index in [4.69, 9.17) is 5.11 Å². The van der Waals surface area contributed by atoms with Crippen molar-refractivity contribution in [1.29, 1.82) is 0 Å². The van der Waals surface area contributed by atoms with Gasteiger partial charge in [0.25, 0.3) is 0 Å². The lowest BCUT2D eigenvalue weighted by atomic mass is 10.1. The number of nitrogens with one attached hydrogen (secondary N) is 1. The van der Waals surface area contributed by atoms with Crippen LogP contribution in [0.4, 0.5) is 0 Å². The van der Waals surface area contributed by atoms with E-state index in [1.807, 2.05) is 0 Å². The molecule has 1 rings (SSSR count). The van der Waals surface area contributed by atoms with Crippen LogP contribution in [0, 0.1) is 5.92 Å². The summed E-state index contributed by atoms with van der Waals surface area (Å²) >= 11 is 0. The Balaban J connectivity index is 2.49. The Bertz CT molecular complexity index is 169. The lowest BCUT2D eigenvalue weighted by molar-refractivity contribution is -0.141. The minimum Gasteiger partial charge on any atom is -0.480 e. The van der Waals surface area contributed by atoms with E-state index in [1.54, 1.807) is 7.05 Å². The number of aliphatic carboxylic acids is 1. The van der Waals surface area contributed by atoms with Crippen LogP contribution in [0.25, 0.3) is 0 Å². The van der Waals surface area contributed by atoms with Gasteiger partial charge in [0.05, 0.1) is 0 Å². The van der Waals surface area contributed by atoms with Gasteiger partial charge >= 0.3 is 5.97 Å². The molecular weight excluding hydrogens is 142 g/mol. The van der Waals surface area contributed by atoms with Crippen LogP contribution in [0.2, 0.25) is 0 Å². The van der Waals surface area contributed by atoms with Crippen molar-refractivity contribution >= 4 is 5.97 Å². The highest BCUT2D eigenvalue weighted by atomic mass is 16.4. The lowest BCUT2D eigenvalue weighted by Gasteiger charge is -2.09. The van der Waals surface area contributed by atoms with Crippen molar-refractivity contribution in [3.05, 3.63) is 0 Å². The van der Waals surface area contributed by atoms with Crippen LogP contribution in [-0.4, -0.2) is 23.7 Å². The average Bonchev–Trinajstić information content (AvgIpc) is 2.65. The Morgan fingerprint density at radius 3 is 2.73 bits per heavy atom. The molecule has 3 heteroatoms. The maximum absolute atomic E-state index is 10.7. The van der Waals surface area contributed by atoms with Gasteiger partial charge < -0.3 is 10.4 Å². The number of hydrogen-bond acceptors (Lipinski definition) is 2. The normalized spacial score (nSPS) is 35.3. The molecule has 0 aromatic rings. The first-order chi connectivity index (χ1) is 5.17. The van der Waals surface area contributed by atoms with Crippen molar-refractivity contribution in [2.45, 2.75) is 31.7 Å².